The Morgan fingerprint density at radius 3 is 1.97 bits per heavy atom. The van der Waals surface area contributed by atoms with Crippen LogP contribution in [0.2, 0.25) is 0 Å². The molecule has 0 bridgehead atoms. The minimum atomic E-state index is -3.73. The molecule has 2 fully saturated rings. The maximum absolute atomic E-state index is 13.3. The van der Waals surface area contributed by atoms with Crippen LogP contribution in [0.4, 0.5) is 0 Å². The van der Waals surface area contributed by atoms with Crippen LogP contribution in [0.1, 0.15) is 29.6 Å². The van der Waals surface area contributed by atoms with E-state index in [-0.39, 0.29) is 16.7 Å². The van der Waals surface area contributed by atoms with Crippen molar-refractivity contribution >= 4 is 21.8 Å². The summed E-state index contributed by atoms with van der Waals surface area (Å²) in [5.74, 6) is -0.204. The number of benzene rings is 2. The van der Waals surface area contributed by atoms with Gasteiger partial charge in [0.05, 0.1) is 4.90 Å². The Hall–Kier alpha value is -2.71. The van der Waals surface area contributed by atoms with E-state index in [0.29, 0.717) is 44.7 Å². The number of hydrogen-bond acceptors (Lipinski definition) is 4. The fraction of sp³-hybridized carbons (Fsp3) is 0.391. The van der Waals surface area contributed by atoms with Crippen molar-refractivity contribution < 1.29 is 18.0 Å². The molecule has 2 heterocycles. The van der Waals surface area contributed by atoms with Gasteiger partial charge in [-0.05, 0) is 37.1 Å². The van der Waals surface area contributed by atoms with Crippen molar-refractivity contribution in [3.8, 4) is 0 Å². The highest BCUT2D eigenvalue weighted by atomic mass is 32.2. The third-order valence-electron chi connectivity index (χ3n) is 5.99. The molecule has 2 amide bonds. The van der Waals surface area contributed by atoms with Gasteiger partial charge in [-0.25, -0.2) is 8.42 Å². The van der Waals surface area contributed by atoms with Crippen molar-refractivity contribution in [1.29, 1.82) is 0 Å². The molecule has 2 saturated heterocycles. The van der Waals surface area contributed by atoms with E-state index >= 15 is 0 Å². The molecule has 0 unspecified atom stereocenters. The van der Waals surface area contributed by atoms with Gasteiger partial charge >= 0.3 is 0 Å². The summed E-state index contributed by atoms with van der Waals surface area (Å²) in [6.07, 6.45) is 2.09. The first-order chi connectivity index (χ1) is 15.0. The molecule has 0 aliphatic carbocycles. The zero-order chi connectivity index (χ0) is 21.8. The van der Waals surface area contributed by atoms with Crippen LogP contribution in [0.5, 0.6) is 0 Å². The molecule has 1 atom stereocenters. The van der Waals surface area contributed by atoms with Crippen LogP contribution in [-0.2, 0) is 14.8 Å². The molecule has 0 aromatic heterocycles. The highest BCUT2D eigenvalue weighted by Gasteiger charge is 2.40. The Morgan fingerprint density at radius 2 is 1.32 bits per heavy atom. The standard InChI is InChI=1S/C23H27N3O4S/c27-22(19-9-3-1-4-10-19)24-15-17-25(18-16-24)23(28)21-13-7-8-14-26(21)31(29,30)20-11-5-2-6-12-20/h1-6,9-12,21H,7-8,13-18H2/t21-/m1/s1. The zero-order valence-corrected chi connectivity index (χ0v) is 18.2. The number of amides is 2. The topological polar surface area (TPSA) is 78.0 Å². The lowest BCUT2D eigenvalue weighted by Crippen LogP contribution is -2.57. The second kappa shape index (κ2) is 9.20. The number of rotatable bonds is 4. The van der Waals surface area contributed by atoms with E-state index in [1.165, 1.54) is 4.31 Å². The SMILES string of the molecule is O=C(c1ccccc1)N1CCN(C(=O)[C@H]2CCCCN2S(=O)(=O)c2ccccc2)CC1. The predicted octanol–water partition coefficient (Wildman–Crippen LogP) is 2.21. The van der Waals surface area contributed by atoms with Crippen molar-refractivity contribution in [2.75, 3.05) is 32.7 Å². The van der Waals surface area contributed by atoms with E-state index in [9.17, 15) is 18.0 Å². The number of carbonyl (C=O) groups excluding carboxylic acids is 2. The van der Waals surface area contributed by atoms with Crippen LogP contribution in [0.15, 0.2) is 65.6 Å². The maximum atomic E-state index is 13.3. The first-order valence-electron chi connectivity index (χ1n) is 10.7. The van der Waals surface area contributed by atoms with Gasteiger partial charge in [0.15, 0.2) is 0 Å². The average molecular weight is 442 g/mol. The predicted molar refractivity (Wildman–Crippen MR) is 117 cm³/mol. The lowest BCUT2D eigenvalue weighted by Gasteiger charge is -2.40. The molecular weight excluding hydrogens is 414 g/mol. The van der Waals surface area contributed by atoms with Gasteiger partial charge in [-0.15, -0.1) is 0 Å². The lowest BCUT2D eigenvalue weighted by atomic mass is 10.0. The minimum absolute atomic E-state index is 0.0429. The zero-order valence-electron chi connectivity index (χ0n) is 17.4. The van der Waals surface area contributed by atoms with Gasteiger partial charge < -0.3 is 9.80 Å². The van der Waals surface area contributed by atoms with E-state index in [2.05, 4.69) is 0 Å². The molecule has 164 valence electrons. The van der Waals surface area contributed by atoms with Gasteiger partial charge in [-0.1, -0.05) is 42.8 Å². The first kappa shape index (κ1) is 21.5. The number of piperidine rings is 1. The van der Waals surface area contributed by atoms with Crippen LogP contribution in [0, 0.1) is 0 Å². The van der Waals surface area contributed by atoms with Crippen LogP contribution < -0.4 is 0 Å². The van der Waals surface area contributed by atoms with Gasteiger partial charge in [0.25, 0.3) is 5.91 Å². The average Bonchev–Trinajstić information content (AvgIpc) is 2.84. The van der Waals surface area contributed by atoms with Crippen molar-refractivity contribution in [3.05, 3.63) is 66.2 Å². The summed E-state index contributed by atoms with van der Waals surface area (Å²) in [7, 11) is -3.73. The molecule has 0 radical (unpaired) electrons. The third kappa shape index (κ3) is 4.50. The summed E-state index contributed by atoms with van der Waals surface area (Å²) in [6.45, 7) is 2.05. The monoisotopic (exact) mass is 441 g/mol. The number of hydrogen-bond donors (Lipinski definition) is 0. The van der Waals surface area contributed by atoms with E-state index < -0.39 is 16.1 Å². The molecule has 8 heteroatoms. The molecule has 0 saturated carbocycles. The molecule has 31 heavy (non-hydrogen) atoms. The van der Waals surface area contributed by atoms with Crippen molar-refractivity contribution in [3.63, 3.8) is 0 Å². The largest absolute Gasteiger partial charge is 0.338 e. The Morgan fingerprint density at radius 1 is 0.742 bits per heavy atom. The second-order valence-electron chi connectivity index (χ2n) is 7.92. The summed E-state index contributed by atoms with van der Waals surface area (Å²) < 4.78 is 27.7. The van der Waals surface area contributed by atoms with Crippen LogP contribution >= 0.6 is 0 Å². The number of sulfonamides is 1. The molecule has 0 N–H and O–H groups in total. The summed E-state index contributed by atoms with van der Waals surface area (Å²) >= 11 is 0. The third-order valence-corrected chi connectivity index (χ3v) is 7.91. The van der Waals surface area contributed by atoms with E-state index in [1.54, 1.807) is 52.3 Å². The lowest BCUT2D eigenvalue weighted by molar-refractivity contribution is -0.137. The molecule has 2 aliphatic heterocycles. The molecule has 7 nitrogen and oxygen atoms in total. The van der Waals surface area contributed by atoms with E-state index in [4.69, 9.17) is 0 Å². The normalized spacial score (nSPS) is 20.5. The van der Waals surface area contributed by atoms with Gasteiger partial charge in [0, 0.05) is 38.3 Å². The summed E-state index contributed by atoms with van der Waals surface area (Å²) in [6, 6.07) is 16.7. The molecule has 2 aromatic carbocycles. The fourth-order valence-electron chi connectivity index (χ4n) is 4.27. The molecule has 2 aromatic rings. The summed E-state index contributed by atoms with van der Waals surface area (Å²) in [5.41, 5.74) is 0.634. The number of carbonyl (C=O) groups is 2. The van der Waals surface area contributed by atoms with Crippen LogP contribution in [-0.4, -0.2) is 73.1 Å². The second-order valence-corrected chi connectivity index (χ2v) is 9.81. The van der Waals surface area contributed by atoms with Gasteiger partial charge in [0.2, 0.25) is 15.9 Å². The van der Waals surface area contributed by atoms with Gasteiger partial charge in [-0.2, -0.15) is 4.31 Å². The Bertz CT molecular complexity index is 1020. The quantitative estimate of drug-likeness (QED) is 0.729. The molecular formula is C23H27N3O4S. The highest BCUT2D eigenvalue weighted by molar-refractivity contribution is 7.89. The maximum Gasteiger partial charge on any atom is 0.253 e. The molecule has 4 rings (SSSR count). The van der Waals surface area contributed by atoms with E-state index in [1.807, 2.05) is 18.2 Å². The minimum Gasteiger partial charge on any atom is -0.338 e. The number of nitrogens with zero attached hydrogens (tertiary/aromatic N) is 3. The first-order valence-corrected chi connectivity index (χ1v) is 12.1. The molecule has 0 spiro atoms. The highest BCUT2D eigenvalue weighted by Crippen LogP contribution is 2.27. The molecule has 2 aliphatic rings. The summed E-state index contributed by atoms with van der Waals surface area (Å²) in [5, 5.41) is 0. The van der Waals surface area contributed by atoms with Crippen LogP contribution in [0.25, 0.3) is 0 Å². The van der Waals surface area contributed by atoms with Gasteiger partial charge in [-0.3, -0.25) is 9.59 Å². The Balaban J connectivity index is 1.44. The van der Waals surface area contributed by atoms with Gasteiger partial charge in [0.1, 0.15) is 6.04 Å². The number of piperazine rings is 1. The van der Waals surface area contributed by atoms with E-state index in [0.717, 1.165) is 12.8 Å². The van der Waals surface area contributed by atoms with Crippen molar-refractivity contribution in [2.45, 2.75) is 30.2 Å². The Labute approximate surface area is 183 Å². The van der Waals surface area contributed by atoms with Crippen LogP contribution in [0.3, 0.4) is 0 Å². The van der Waals surface area contributed by atoms with Crippen molar-refractivity contribution in [2.24, 2.45) is 0 Å². The Kier molecular flexibility index (Phi) is 6.38. The fourth-order valence-corrected chi connectivity index (χ4v) is 5.94. The smallest absolute Gasteiger partial charge is 0.253 e. The van der Waals surface area contributed by atoms with Crippen molar-refractivity contribution in [1.82, 2.24) is 14.1 Å². The summed E-state index contributed by atoms with van der Waals surface area (Å²) in [4.78, 5) is 29.6.